The van der Waals surface area contributed by atoms with Gasteiger partial charge in [-0.1, -0.05) is 6.92 Å². The van der Waals surface area contributed by atoms with Crippen LogP contribution in [-0.4, -0.2) is 47.5 Å². The molecular formula is C10H14ClN7O. The van der Waals surface area contributed by atoms with E-state index >= 15 is 0 Å². The average Bonchev–Trinajstić information content (AvgIpc) is 2.91. The first-order valence-electron chi connectivity index (χ1n) is 5.87. The molecule has 0 aliphatic rings. The van der Waals surface area contributed by atoms with E-state index in [0.29, 0.717) is 25.3 Å². The summed E-state index contributed by atoms with van der Waals surface area (Å²) in [5, 5.41) is 16.4. The van der Waals surface area contributed by atoms with Crippen LogP contribution in [0.1, 0.15) is 19.8 Å². The van der Waals surface area contributed by atoms with Gasteiger partial charge in [0, 0.05) is 6.54 Å². The van der Waals surface area contributed by atoms with Gasteiger partial charge in [-0.3, -0.25) is 0 Å². The summed E-state index contributed by atoms with van der Waals surface area (Å²) < 4.78 is 1.39. The van der Waals surface area contributed by atoms with Crippen LogP contribution in [0.3, 0.4) is 0 Å². The second-order valence-corrected chi connectivity index (χ2v) is 4.18. The van der Waals surface area contributed by atoms with Crippen LogP contribution in [-0.2, 0) is 0 Å². The van der Waals surface area contributed by atoms with Crippen molar-refractivity contribution in [2.75, 3.05) is 11.9 Å². The highest BCUT2D eigenvalue weighted by Gasteiger charge is 2.08. The first-order valence-corrected chi connectivity index (χ1v) is 6.25. The second kappa shape index (κ2) is 6.39. The van der Waals surface area contributed by atoms with Gasteiger partial charge in [-0.25, -0.2) is 4.98 Å². The number of hydrogen-bond acceptors (Lipinski definition) is 7. The molecule has 1 unspecified atom stereocenters. The first kappa shape index (κ1) is 13.6. The predicted octanol–water partition coefficient (Wildman–Crippen LogP) is 0.679. The van der Waals surface area contributed by atoms with Crippen LogP contribution in [0.25, 0.3) is 5.95 Å². The van der Waals surface area contributed by atoms with Gasteiger partial charge in [0.2, 0.25) is 11.2 Å². The van der Waals surface area contributed by atoms with Crippen molar-refractivity contribution in [3.63, 3.8) is 0 Å². The van der Waals surface area contributed by atoms with E-state index in [1.54, 1.807) is 0 Å². The highest BCUT2D eigenvalue weighted by atomic mass is 35.5. The smallest absolute Gasteiger partial charge is 0.258 e. The maximum Gasteiger partial charge on any atom is 0.258 e. The molecule has 0 aliphatic carbocycles. The molecule has 0 fully saturated rings. The minimum atomic E-state index is -0.334. The molecule has 0 spiro atoms. The molecule has 0 saturated heterocycles. The molecule has 19 heavy (non-hydrogen) atoms. The number of halogens is 1. The topological polar surface area (TPSA) is 102 Å². The van der Waals surface area contributed by atoms with Crippen molar-refractivity contribution in [3.8, 4) is 5.95 Å². The molecule has 2 heterocycles. The molecule has 0 aromatic carbocycles. The summed E-state index contributed by atoms with van der Waals surface area (Å²) in [5.74, 6) is 0.629. The highest BCUT2D eigenvalue weighted by Crippen LogP contribution is 2.08. The first-order chi connectivity index (χ1) is 9.19. The molecule has 2 aromatic heterocycles. The summed E-state index contributed by atoms with van der Waals surface area (Å²) >= 11 is 5.82. The van der Waals surface area contributed by atoms with Crippen molar-refractivity contribution in [2.45, 2.75) is 25.9 Å². The van der Waals surface area contributed by atoms with Crippen LogP contribution in [0.15, 0.2) is 12.7 Å². The molecule has 102 valence electrons. The number of nitrogens with zero attached hydrogens (tertiary/aromatic N) is 6. The van der Waals surface area contributed by atoms with Gasteiger partial charge < -0.3 is 10.4 Å². The van der Waals surface area contributed by atoms with Crippen molar-refractivity contribution in [2.24, 2.45) is 0 Å². The molecule has 9 heteroatoms. The van der Waals surface area contributed by atoms with E-state index in [-0.39, 0.29) is 17.3 Å². The van der Waals surface area contributed by atoms with Gasteiger partial charge in [0.05, 0.1) is 6.10 Å². The van der Waals surface area contributed by atoms with E-state index < -0.39 is 0 Å². The largest absolute Gasteiger partial charge is 0.393 e. The molecule has 0 amide bonds. The third-order valence-electron chi connectivity index (χ3n) is 2.45. The minimum Gasteiger partial charge on any atom is -0.393 e. The van der Waals surface area contributed by atoms with E-state index in [2.05, 4.69) is 30.4 Å². The highest BCUT2D eigenvalue weighted by molar-refractivity contribution is 6.28. The van der Waals surface area contributed by atoms with Gasteiger partial charge >= 0.3 is 0 Å². The molecule has 0 radical (unpaired) electrons. The normalized spacial score (nSPS) is 12.4. The number of rotatable bonds is 6. The zero-order chi connectivity index (χ0) is 13.7. The monoisotopic (exact) mass is 283 g/mol. The Morgan fingerprint density at radius 3 is 2.95 bits per heavy atom. The van der Waals surface area contributed by atoms with E-state index in [1.165, 1.54) is 17.3 Å². The Kier molecular flexibility index (Phi) is 4.58. The zero-order valence-corrected chi connectivity index (χ0v) is 11.1. The van der Waals surface area contributed by atoms with Crippen LogP contribution in [0, 0.1) is 0 Å². The maximum absolute atomic E-state index is 9.45. The third kappa shape index (κ3) is 3.83. The fourth-order valence-corrected chi connectivity index (χ4v) is 1.54. The standard InChI is InChI=1S/C10H14ClN7O/c1-2-7(19)3-4-13-9-15-8(11)16-10(17-9)18-6-12-5-14-18/h5-7,19H,2-4H2,1H3,(H,13,15,16,17). The van der Waals surface area contributed by atoms with Crippen LogP contribution < -0.4 is 5.32 Å². The van der Waals surface area contributed by atoms with Gasteiger partial charge in [-0.15, -0.1) is 0 Å². The Hall–Kier alpha value is -1.80. The summed E-state index contributed by atoms with van der Waals surface area (Å²) in [6.45, 7) is 2.47. The average molecular weight is 284 g/mol. The van der Waals surface area contributed by atoms with Gasteiger partial charge in [-0.05, 0) is 24.4 Å². The summed E-state index contributed by atoms with van der Waals surface area (Å²) in [7, 11) is 0. The van der Waals surface area contributed by atoms with Crippen molar-refractivity contribution in [1.82, 2.24) is 29.7 Å². The molecule has 2 N–H and O–H groups in total. The lowest BCUT2D eigenvalue weighted by Crippen LogP contribution is -2.15. The minimum absolute atomic E-state index is 0.0686. The quantitative estimate of drug-likeness (QED) is 0.803. The van der Waals surface area contributed by atoms with Gasteiger partial charge in [-0.2, -0.15) is 24.7 Å². The lowest BCUT2D eigenvalue weighted by molar-refractivity contribution is 0.164. The lowest BCUT2D eigenvalue weighted by atomic mass is 10.2. The number of anilines is 1. The second-order valence-electron chi connectivity index (χ2n) is 3.85. The number of nitrogens with one attached hydrogen (secondary N) is 1. The fourth-order valence-electron chi connectivity index (χ4n) is 1.39. The van der Waals surface area contributed by atoms with Gasteiger partial charge in [0.1, 0.15) is 12.7 Å². The Labute approximate surface area is 114 Å². The summed E-state index contributed by atoms with van der Waals surface area (Å²) in [5.41, 5.74) is 0. The van der Waals surface area contributed by atoms with Crippen molar-refractivity contribution in [3.05, 3.63) is 17.9 Å². The molecule has 2 aromatic rings. The van der Waals surface area contributed by atoms with Crippen LogP contribution >= 0.6 is 11.6 Å². The molecule has 0 saturated carbocycles. The fraction of sp³-hybridized carbons (Fsp3) is 0.500. The van der Waals surface area contributed by atoms with E-state index in [1.807, 2.05) is 6.92 Å². The van der Waals surface area contributed by atoms with Crippen molar-refractivity contribution < 1.29 is 5.11 Å². The molecule has 2 rings (SSSR count). The van der Waals surface area contributed by atoms with E-state index in [9.17, 15) is 5.11 Å². The molecular weight excluding hydrogens is 270 g/mol. The molecule has 1 atom stereocenters. The SMILES string of the molecule is CCC(O)CCNc1nc(Cl)nc(-n2cncn2)n1. The lowest BCUT2D eigenvalue weighted by Gasteiger charge is -2.09. The Balaban J connectivity index is 2.05. The van der Waals surface area contributed by atoms with Crippen LogP contribution in [0.2, 0.25) is 5.28 Å². The third-order valence-corrected chi connectivity index (χ3v) is 2.62. The summed E-state index contributed by atoms with van der Waals surface area (Å²) in [6.07, 6.45) is 3.83. The number of aromatic nitrogens is 6. The zero-order valence-electron chi connectivity index (χ0n) is 10.4. The molecule has 0 aliphatic heterocycles. The number of aliphatic hydroxyl groups excluding tert-OH is 1. The number of hydrogen-bond donors (Lipinski definition) is 2. The van der Waals surface area contributed by atoms with Crippen LogP contribution in [0.5, 0.6) is 0 Å². The van der Waals surface area contributed by atoms with E-state index in [4.69, 9.17) is 11.6 Å². The maximum atomic E-state index is 9.45. The van der Waals surface area contributed by atoms with Crippen LogP contribution in [0.4, 0.5) is 5.95 Å². The summed E-state index contributed by atoms with van der Waals surface area (Å²) in [4.78, 5) is 15.9. The Bertz CT molecular complexity index is 519. The van der Waals surface area contributed by atoms with E-state index in [0.717, 1.165) is 0 Å². The predicted molar refractivity (Wildman–Crippen MR) is 69.2 cm³/mol. The Morgan fingerprint density at radius 1 is 1.42 bits per heavy atom. The molecule has 0 bridgehead atoms. The van der Waals surface area contributed by atoms with Crippen molar-refractivity contribution >= 4 is 17.5 Å². The van der Waals surface area contributed by atoms with Crippen molar-refractivity contribution in [1.29, 1.82) is 0 Å². The number of aliphatic hydroxyl groups is 1. The Morgan fingerprint density at radius 2 is 2.26 bits per heavy atom. The summed E-state index contributed by atoms with van der Waals surface area (Å²) in [6, 6.07) is 0. The molecule has 8 nitrogen and oxygen atoms in total. The van der Waals surface area contributed by atoms with Gasteiger partial charge in [0.15, 0.2) is 0 Å². The van der Waals surface area contributed by atoms with Gasteiger partial charge in [0.25, 0.3) is 5.95 Å².